The molecule has 0 atom stereocenters. The van der Waals surface area contributed by atoms with Gasteiger partial charge < -0.3 is 10.5 Å². The summed E-state index contributed by atoms with van der Waals surface area (Å²) in [6.07, 6.45) is -4.68. The molecule has 2 N–H and O–H groups in total. The van der Waals surface area contributed by atoms with Crippen molar-refractivity contribution in [3.8, 4) is 5.75 Å². The molecule has 0 heterocycles. The molecule has 6 heteroatoms. The first-order valence-corrected chi connectivity index (χ1v) is 4.98. The molecule has 0 bridgehead atoms. The van der Waals surface area contributed by atoms with Gasteiger partial charge in [-0.15, -0.1) is 13.2 Å². The Labute approximate surface area is 97.1 Å². The lowest BCUT2D eigenvalue weighted by atomic mass is 10.2. The molecule has 0 spiro atoms. The van der Waals surface area contributed by atoms with Gasteiger partial charge in [-0.25, -0.2) is 4.99 Å². The summed E-state index contributed by atoms with van der Waals surface area (Å²) < 4.78 is 39.4. The molecule has 0 aromatic heterocycles. The molecule has 0 radical (unpaired) electrons. The zero-order valence-corrected chi connectivity index (χ0v) is 9.45. The van der Waals surface area contributed by atoms with Gasteiger partial charge in [0.1, 0.15) is 11.6 Å². The zero-order chi connectivity index (χ0) is 13.1. The molecule has 0 saturated carbocycles. The Balaban J connectivity index is 2.79. The average Bonchev–Trinajstić information content (AvgIpc) is 2.18. The van der Waals surface area contributed by atoms with E-state index < -0.39 is 6.36 Å². The number of aliphatic imine (C=N–C) groups is 1. The van der Waals surface area contributed by atoms with Gasteiger partial charge in [-0.1, -0.05) is 13.8 Å². The minimum Gasteiger partial charge on any atom is -0.406 e. The zero-order valence-electron chi connectivity index (χ0n) is 9.45. The van der Waals surface area contributed by atoms with Crippen molar-refractivity contribution in [1.82, 2.24) is 0 Å². The highest BCUT2D eigenvalue weighted by Crippen LogP contribution is 2.24. The van der Waals surface area contributed by atoms with E-state index in [4.69, 9.17) is 5.73 Å². The Kier molecular flexibility index (Phi) is 3.98. The molecular formula is C11H13F3N2O. The van der Waals surface area contributed by atoms with E-state index in [1.165, 1.54) is 24.3 Å². The van der Waals surface area contributed by atoms with Crippen LogP contribution in [-0.2, 0) is 0 Å². The monoisotopic (exact) mass is 246 g/mol. The molecule has 0 fully saturated rings. The van der Waals surface area contributed by atoms with Crippen molar-refractivity contribution < 1.29 is 17.9 Å². The maximum atomic E-state index is 11.9. The number of halogens is 3. The number of hydrogen-bond acceptors (Lipinski definition) is 2. The van der Waals surface area contributed by atoms with Crippen LogP contribution in [0.5, 0.6) is 5.75 Å². The van der Waals surface area contributed by atoms with Gasteiger partial charge in [0.15, 0.2) is 0 Å². The number of benzene rings is 1. The predicted molar refractivity (Wildman–Crippen MR) is 59.2 cm³/mol. The molecule has 94 valence electrons. The van der Waals surface area contributed by atoms with E-state index in [9.17, 15) is 13.2 Å². The van der Waals surface area contributed by atoms with Crippen LogP contribution < -0.4 is 10.5 Å². The van der Waals surface area contributed by atoms with Crippen molar-refractivity contribution in [1.29, 1.82) is 0 Å². The summed E-state index contributed by atoms with van der Waals surface area (Å²) >= 11 is 0. The molecule has 3 nitrogen and oxygen atoms in total. The van der Waals surface area contributed by atoms with E-state index in [1.54, 1.807) is 0 Å². The maximum absolute atomic E-state index is 11.9. The average molecular weight is 246 g/mol. The Morgan fingerprint density at radius 3 is 2.18 bits per heavy atom. The second-order valence-electron chi connectivity index (χ2n) is 3.73. The van der Waals surface area contributed by atoms with Gasteiger partial charge in [0.25, 0.3) is 0 Å². The number of nitrogens with zero attached hydrogens (tertiary/aromatic N) is 1. The van der Waals surface area contributed by atoms with E-state index >= 15 is 0 Å². The van der Waals surface area contributed by atoms with Crippen molar-refractivity contribution in [3.63, 3.8) is 0 Å². The largest absolute Gasteiger partial charge is 0.573 e. The predicted octanol–water partition coefficient (Wildman–Crippen LogP) is 3.23. The summed E-state index contributed by atoms with van der Waals surface area (Å²) in [7, 11) is 0. The summed E-state index contributed by atoms with van der Waals surface area (Å²) in [6, 6.07) is 5.21. The van der Waals surface area contributed by atoms with Gasteiger partial charge in [-0.05, 0) is 24.3 Å². The van der Waals surface area contributed by atoms with Crippen molar-refractivity contribution >= 4 is 11.5 Å². The highest BCUT2D eigenvalue weighted by Gasteiger charge is 2.30. The van der Waals surface area contributed by atoms with Crippen molar-refractivity contribution in [2.45, 2.75) is 20.2 Å². The quantitative estimate of drug-likeness (QED) is 0.657. The second-order valence-corrected chi connectivity index (χ2v) is 3.73. The second kappa shape index (κ2) is 5.07. The molecular weight excluding hydrogens is 233 g/mol. The van der Waals surface area contributed by atoms with E-state index in [0.29, 0.717) is 11.5 Å². The first-order valence-electron chi connectivity index (χ1n) is 4.98. The molecule has 1 rings (SSSR count). The molecule has 17 heavy (non-hydrogen) atoms. The normalized spacial score (nSPS) is 12.9. The van der Waals surface area contributed by atoms with Crippen LogP contribution in [0.25, 0.3) is 0 Å². The van der Waals surface area contributed by atoms with Gasteiger partial charge in [-0.2, -0.15) is 0 Å². The molecule has 0 saturated heterocycles. The summed E-state index contributed by atoms with van der Waals surface area (Å²) in [6.45, 7) is 3.75. The van der Waals surface area contributed by atoms with Gasteiger partial charge >= 0.3 is 6.36 Å². The van der Waals surface area contributed by atoms with Crippen LogP contribution in [0.1, 0.15) is 13.8 Å². The fraction of sp³-hybridized carbons (Fsp3) is 0.364. The summed E-state index contributed by atoms with van der Waals surface area (Å²) in [5, 5.41) is 0. The Hall–Kier alpha value is -1.72. The summed E-state index contributed by atoms with van der Waals surface area (Å²) in [5.74, 6) is 0.232. The number of rotatable bonds is 3. The lowest BCUT2D eigenvalue weighted by Crippen LogP contribution is -2.18. The third-order valence-corrected chi connectivity index (χ3v) is 1.92. The van der Waals surface area contributed by atoms with E-state index in [1.807, 2.05) is 13.8 Å². The van der Waals surface area contributed by atoms with Crippen molar-refractivity contribution in [2.75, 3.05) is 0 Å². The molecule has 0 aliphatic heterocycles. The topological polar surface area (TPSA) is 47.6 Å². The standard InChI is InChI=1S/C11H13F3N2O/c1-7(2)10(15)16-8-3-5-9(6-4-8)17-11(12,13)14/h3-7H,1-2H3,(H2,15,16). The van der Waals surface area contributed by atoms with Gasteiger partial charge in [-0.3, -0.25) is 0 Å². The van der Waals surface area contributed by atoms with Crippen LogP contribution in [-0.4, -0.2) is 12.2 Å². The van der Waals surface area contributed by atoms with Crippen LogP contribution in [0.15, 0.2) is 29.3 Å². The molecule has 0 aliphatic rings. The lowest BCUT2D eigenvalue weighted by molar-refractivity contribution is -0.274. The lowest BCUT2D eigenvalue weighted by Gasteiger charge is -2.08. The molecule has 1 aromatic carbocycles. The van der Waals surface area contributed by atoms with E-state index in [-0.39, 0.29) is 11.7 Å². The number of ether oxygens (including phenoxy) is 1. The van der Waals surface area contributed by atoms with Crippen molar-refractivity contribution in [3.05, 3.63) is 24.3 Å². The SMILES string of the molecule is CC(C)C(N)=Nc1ccc(OC(F)(F)F)cc1. The molecule has 1 aromatic rings. The molecule has 0 aliphatic carbocycles. The number of hydrogen-bond donors (Lipinski definition) is 1. The minimum atomic E-state index is -4.68. The van der Waals surface area contributed by atoms with Gasteiger partial charge in [0, 0.05) is 5.92 Å². The minimum absolute atomic E-state index is 0.0844. The third-order valence-electron chi connectivity index (χ3n) is 1.92. The molecule has 0 amide bonds. The number of alkyl halides is 3. The Morgan fingerprint density at radius 1 is 1.24 bits per heavy atom. The fourth-order valence-electron chi connectivity index (χ4n) is 1.00. The van der Waals surface area contributed by atoms with Gasteiger partial charge in [0.2, 0.25) is 0 Å². The van der Waals surface area contributed by atoms with Crippen LogP contribution in [0.2, 0.25) is 0 Å². The van der Waals surface area contributed by atoms with E-state index in [2.05, 4.69) is 9.73 Å². The highest BCUT2D eigenvalue weighted by atomic mass is 19.4. The first-order chi connectivity index (χ1) is 7.78. The maximum Gasteiger partial charge on any atom is 0.573 e. The van der Waals surface area contributed by atoms with Crippen LogP contribution in [0.3, 0.4) is 0 Å². The number of nitrogens with two attached hydrogens (primary N) is 1. The Bertz CT molecular complexity index is 396. The van der Waals surface area contributed by atoms with Crippen LogP contribution >= 0.6 is 0 Å². The highest BCUT2D eigenvalue weighted by molar-refractivity contribution is 5.84. The van der Waals surface area contributed by atoms with Crippen molar-refractivity contribution in [2.24, 2.45) is 16.6 Å². The Morgan fingerprint density at radius 2 is 1.76 bits per heavy atom. The van der Waals surface area contributed by atoms with E-state index in [0.717, 1.165) is 0 Å². The smallest absolute Gasteiger partial charge is 0.406 e. The summed E-state index contributed by atoms with van der Waals surface area (Å²) in [4.78, 5) is 4.05. The first kappa shape index (κ1) is 13.3. The molecule has 0 unspecified atom stereocenters. The van der Waals surface area contributed by atoms with Gasteiger partial charge in [0.05, 0.1) is 5.69 Å². The summed E-state index contributed by atoms with van der Waals surface area (Å²) in [5.41, 5.74) is 6.12. The van der Waals surface area contributed by atoms with Crippen LogP contribution in [0, 0.1) is 5.92 Å². The third kappa shape index (κ3) is 4.76. The fourth-order valence-corrected chi connectivity index (χ4v) is 1.00. The van der Waals surface area contributed by atoms with Crippen LogP contribution in [0.4, 0.5) is 18.9 Å². The number of amidine groups is 1.